The highest BCUT2D eigenvalue weighted by molar-refractivity contribution is 7.94. The standard InChI is InChI=1S/C20H42O4S/c1-7-11-14-21-17(5)19(22-15-12-8-2)20(23-16-13-9-3)18(6)24-25-10-4/h17-20H,7-16H2,1-6H3. The van der Waals surface area contributed by atoms with Crippen LogP contribution >= 0.6 is 12.0 Å². The normalized spacial score (nSPS) is 16.6. The fourth-order valence-corrected chi connectivity index (χ4v) is 2.92. The van der Waals surface area contributed by atoms with Gasteiger partial charge in [0.2, 0.25) is 0 Å². The van der Waals surface area contributed by atoms with Gasteiger partial charge in [0, 0.05) is 25.6 Å². The Hall–Kier alpha value is 0.190. The molecule has 0 radical (unpaired) electrons. The Labute approximate surface area is 160 Å². The van der Waals surface area contributed by atoms with Crippen LogP contribution in [-0.4, -0.2) is 50.0 Å². The number of hydrogen-bond acceptors (Lipinski definition) is 5. The van der Waals surface area contributed by atoms with E-state index in [1.165, 1.54) is 12.0 Å². The summed E-state index contributed by atoms with van der Waals surface area (Å²) in [6, 6.07) is 0. The van der Waals surface area contributed by atoms with Gasteiger partial charge in [0.1, 0.15) is 12.2 Å². The third-order valence-electron chi connectivity index (χ3n) is 4.08. The Morgan fingerprint density at radius 1 is 0.640 bits per heavy atom. The minimum Gasteiger partial charge on any atom is -0.376 e. The molecule has 5 heteroatoms. The van der Waals surface area contributed by atoms with Gasteiger partial charge in [-0.3, -0.25) is 0 Å². The van der Waals surface area contributed by atoms with Crippen molar-refractivity contribution >= 4 is 12.0 Å². The van der Waals surface area contributed by atoms with Crippen molar-refractivity contribution in [2.45, 2.75) is 104 Å². The smallest absolute Gasteiger partial charge is 0.113 e. The van der Waals surface area contributed by atoms with E-state index >= 15 is 0 Å². The summed E-state index contributed by atoms with van der Waals surface area (Å²) in [5, 5.41) is 0. The van der Waals surface area contributed by atoms with Gasteiger partial charge in [0.05, 0.1) is 12.2 Å². The average Bonchev–Trinajstić information content (AvgIpc) is 2.61. The summed E-state index contributed by atoms with van der Waals surface area (Å²) < 4.78 is 24.4. The van der Waals surface area contributed by atoms with Crippen LogP contribution in [0, 0.1) is 0 Å². The van der Waals surface area contributed by atoms with Crippen molar-refractivity contribution in [3.63, 3.8) is 0 Å². The van der Waals surface area contributed by atoms with Gasteiger partial charge in [-0.25, -0.2) is 0 Å². The van der Waals surface area contributed by atoms with Crippen LogP contribution in [-0.2, 0) is 18.4 Å². The summed E-state index contributed by atoms with van der Waals surface area (Å²) in [4.78, 5) is 0. The summed E-state index contributed by atoms with van der Waals surface area (Å²) in [5.74, 6) is 0.927. The topological polar surface area (TPSA) is 36.9 Å². The molecule has 0 N–H and O–H groups in total. The van der Waals surface area contributed by atoms with Crippen LogP contribution in [0.5, 0.6) is 0 Å². The van der Waals surface area contributed by atoms with Gasteiger partial charge in [-0.05, 0) is 45.2 Å². The number of unbranched alkanes of at least 4 members (excludes halogenated alkanes) is 3. The van der Waals surface area contributed by atoms with Crippen molar-refractivity contribution in [2.75, 3.05) is 25.6 Å². The molecule has 4 nitrogen and oxygen atoms in total. The van der Waals surface area contributed by atoms with E-state index in [4.69, 9.17) is 18.4 Å². The van der Waals surface area contributed by atoms with E-state index in [1.807, 2.05) is 0 Å². The van der Waals surface area contributed by atoms with Crippen LogP contribution < -0.4 is 0 Å². The third-order valence-corrected chi connectivity index (χ3v) is 4.76. The molecule has 152 valence electrons. The van der Waals surface area contributed by atoms with Crippen molar-refractivity contribution in [2.24, 2.45) is 0 Å². The van der Waals surface area contributed by atoms with Crippen LogP contribution in [0.4, 0.5) is 0 Å². The van der Waals surface area contributed by atoms with Crippen LogP contribution in [0.3, 0.4) is 0 Å². The molecular formula is C20H42O4S. The highest BCUT2D eigenvalue weighted by Crippen LogP contribution is 2.22. The zero-order valence-corrected chi connectivity index (χ0v) is 18.2. The molecule has 0 heterocycles. The first-order valence-electron chi connectivity index (χ1n) is 10.2. The van der Waals surface area contributed by atoms with Gasteiger partial charge < -0.3 is 18.4 Å². The predicted octanol–water partition coefficient (Wildman–Crippen LogP) is 5.64. The maximum atomic E-state index is 6.23. The summed E-state index contributed by atoms with van der Waals surface area (Å²) in [7, 11) is 0. The van der Waals surface area contributed by atoms with E-state index in [0.717, 1.165) is 64.1 Å². The predicted molar refractivity (Wildman–Crippen MR) is 108 cm³/mol. The minimum absolute atomic E-state index is 0.00675. The van der Waals surface area contributed by atoms with E-state index in [9.17, 15) is 0 Å². The summed E-state index contributed by atoms with van der Waals surface area (Å²) in [5.41, 5.74) is 0. The summed E-state index contributed by atoms with van der Waals surface area (Å²) >= 11 is 1.49. The van der Waals surface area contributed by atoms with Gasteiger partial charge in [-0.2, -0.15) is 0 Å². The molecule has 0 aromatic rings. The molecule has 0 bridgehead atoms. The van der Waals surface area contributed by atoms with E-state index in [1.54, 1.807) is 0 Å². The van der Waals surface area contributed by atoms with Crippen LogP contribution in [0.2, 0.25) is 0 Å². The Balaban J connectivity index is 4.95. The first-order chi connectivity index (χ1) is 12.1. The van der Waals surface area contributed by atoms with Crippen molar-refractivity contribution in [1.29, 1.82) is 0 Å². The lowest BCUT2D eigenvalue weighted by Crippen LogP contribution is -2.47. The fourth-order valence-electron chi connectivity index (χ4n) is 2.46. The molecule has 0 aliphatic rings. The Bertz CT molecular complexity index is 278. The van der Waals surface area contributed by atoms with Gasteiger partial charge in [0.25, 0.3) is 0 Å². The van der Waals surface area contributed by atoms with Crippen LogP contribution in [0.1, 0.15) is 80.1 Å². The molecule has 0 amide bonds. The monoisotopic (exact) mass is 378 g/mol. The van der Waals surface area contributed by atoms with E-state index < -0.39 is 0 Å². The summed E-state index contributed by atoms with van der Waals surface area (Å²) in [6.07, 6.45) is 6.30. The van der Waals surface area contributed by atoms with Crippen molar-refractivity contribution in [3.8, 4) is 0 Å². The highest BCUT2D eigenvalue weighted by atomic mass is 32.2. The van der Waals surface area contributed by atoms with Gasteiger partial charge >= 0.3 is 0 Å². The highest BCUT2D eigenvalue weighted by Gasteiger charge is 2.34. The lowest BCUT2D eigenvalue weighted by atomic mass is 10.0. The maximum Gasteiger partial charge on any atom is 0.113 e. The van der Waals surface area contributed by atoms with E-state index in [0.29, 0.717) is 0 Å². The Kier molecular flexibility index (Phi) is 17.7. The van der Waals surface area contributed by atoms with Crippen molar-refractivity contribution in [1.82, 2.24) is 0 Å². The van der Waals surface area contributed by atoms with E-state index in [-0.39, 0.29) is 24.4 Å². The lowest BCUT2D eigenvalue weighted by molar-refractivity contribution is -0.157. The van der Waals surface area contributed by atoms with Crippen molar-refractivity contribution in [3.05, 3.63) is 0 Å². The molecular weight excluding hydrogens is 336 g/mol. The lowest BCUT2D eigenvalue weighted by Gasteiger charge is -2.35. The number of ether oxygens (including phenoxy) is 3. The molecule has 0 saturated heterocycles. The zero-order valence-electron chi connectivity index (χ0n) is 17.4. The number of rotatable bonds is 18. The quantitative estimate of drug-likeness (QED) is 0.228. The largest absolute Gasteiger partial charge is 0.376 e. The fraction of sp³-hybridized carbons (Fsp3) is 1.00. The Morgan fingerprint density at radius 2 is 1.08 bits per heavy atom. The second kappa shape index (κ2) is 17.6. The first-order valence-corrected chi connectivity index (χ1v) is 11.2. The third kappa shape index (κ3) is 12.2. The van der Waals surface area contributed by atoms with Crippen molar-refractivity contribution < 1.29 is 18.4 Å². The van der Waals surface area contributed by atoms with Crippen LogP contribution in [0.15, 0.2) is 0 Å². The van der Waals surface area contributed by atoms with Crippen LogP contribution in [0.25, 0.3) is 0 Å². The van der Waals surface area contributed by atoms with Gasteiger partial charge in [-0.15, -0.1) is 0 Å². The Morgan fingerprint density at radius 3 is 1.52 bits per heavy atom. The number of hydrogen-bond donors (Lipinski definition) is 0. The average molecular weight is 379 g/mol. The molecule has 0 spiro atoms. The molecule has 0 aliphatic heterocycles. The minimum atomic E-state index is -0.112. The second-order valence-electron chi connectivity index (χ2n) is 6.52. The molecule has 0 saturated carbocycles. The summed E-state index contributed by atoms with van der Waals surface area (Å²) in [6.45, 7) is 15.1. The molecule has 4 atom stereocenters. The molecule has 25 heavy (non-hydrogen) atoms. The zero-order chi connectivity index (χ0) is 18.9. The first kappa shape index (κ1) is 25.2. The maximum absolute atomic E-state index is 6.23. The van der Waals surface area contributed by atoms with E-state index in [2.05, 4.69) is 41.5 Å². The van der Waals surface area contributed by atoms with Gasteiger partial charge in [-0.1, -0.05) is 47.0 Å². The SMILES string of the molecule is CCCCOC(C)C(OCCCC)C(OCCCC)C(C)OSCC. The molecule has 0 aromatic heterocycles. The molecule has 0 fully saturated rings. The second-order valence-corrected chi connectivity index (χ2v) is 7.52. The molecule has 0 aliphatic carbocycles. The molecule has 4 unspecified atom stereocenters. The van der Waals surface area contributed by atoms with Gasteiger partial charge in [0.15, 0.2) is 0 Å². The molecule has 0 rings (SSSR count). The molecule has 0 aromatic carbocycles.